The van der Waals surface area contributed by atoms with Crippen molar-refractivity contribution >= 4 is 23.8 Å². The average Bonchev–Trinajstić information content (AvgIpc) is 3.02. The monoisotopic (exact) mass is 295 g/mol. The van der Waals surface area contributed by atoms with E-state index in [1.54, 1.807) is 6.20 Å². The number of H-pyrrole nitrogens is 1. The van der Waals surface area contributed by atoms with Crippen molar-refractivity contribution in [3.8, 4) is 11.1 Å². The van der Waals surface area contributed by atoms with Gasteiger partial charge in [-0.15, -0.1) is 0 Å². The smallest absolute Gasteiger partial charge is 0.105 e. The first kappa shape index (κ1) is 13.6. The van der Waals surface area contributed by atoms with Crippen LogP contribution in [0.4, 0.5) is 0 Å². The standard InChI is InChI=1S/C17H14ClN3/c1-12-2-6-15(10-17(12)18)14-7-3-13(4-8-14)5-9-16-11-19-21-20-16/h2-11H,1H3,(H,19,20,21). The van der Waals surface area contributed by atoms with Gasteiger partial charge in [0, 0.05) is 5.02 Å². The van der Waals surface area contributed by atoms with Gasteiger partial charge in [0.2, 0.25) is 0 Å². The molecule has 0 aliphatic carbocycles. The van der Waals surface area contributed by atoms with Gasteiger partial charge in [0.15, 0.2) is 0 Å². The highest BCUT2D eigenvalue weighted by molar-refractivity contribution is 6.31. The van der Waals surface area contributed by atoms with Gasteiger partial charge in [-0.1, -0.05) is 54.1 Å². The van der Waals surface area contributed by atoms with Crippen LogP contribution in [-0.4, -0.2) is 15.4 Å². The zero-order valence-electron chi connectivity index (χ0n) is 11.5. The minimum atomic E-state index is 0.794. The van der Waals surface area contributed by atoms with Crippen molar-refractivity contribution in [1.82, 2.24) is 15.4 Å². The molecule has 1 N–H and O–H groups in total. The second-order valence-corrected chi connectivity index (χ2v) is 5.22. The van der Waals surface area contributed by atoms with Crippen molar-refractivity contribution in [2.24, 2.45) is 0 Å². The molecule has 21 heavy (non-hydrogen) atoms. The van der Waals surface area contributed by atoms with Crippen molar-refractivity contribution in [3.05, 3.63) is 70.5 Å². The largest absolute Gasteiger partial charge is 0.197 e. The SMILES string of the molecule is Cc1ccc(-c2ccc(C=Cc3cn[nH]n3)cc2)cc1Cl. The molecule has 0 saturated carbocycles. The summed E-state index contributed by atoms with van der Waals surface area (Å²) in [7, 11) is 0. The van der Waals surface area contributed by atoms with Crippen LogP contribution < -0.4 is 0 Å². The molecular weight excluding hydrogens is 282 g/mol. The number of rotatable bonds is 3. The Hall–Kier alpha value is -2.39. The summed E-state index contributed by atoms with van der Waals surface area (Å²) in [5.41, 5.74) is 5.28. The van der Waals surface area contributed by atoms with Crippen LogP contribution in [0.15, 0.2) is 48.7 Å². The molecule has 0 saturated heterocycles. The lowest BCUT2D eigenvalue weighted by Gasteiger charge is -2.05. The Labute approximate surface area is 128 Å². The maximum atomic E-state index is 6.17. The molecule has 0 spiro atoms. The molecule has 0 unspecified atom stereocenters. The molecule has 0 aliphatic rings. The van der Waals surface area contributed by atoms with E-state index in [9.17, 15) is 0 Å². The van der Waals surface area contributed by atoms with Crippen LogP contribution in [0.1, 0.15) is 16.8 Å². The summed E-state index contributed by atoms with van der Waals surface area (Å²) in [4.78, 5) is 0. The maximum absolute atomic E-state index is 6.17. The second kappa shape index (κ2) is 5.94. The summed E-state index contributed by atoms with van der Waals surface area (Å²) in [6.07, 6.45) is 5.60. The van der Waals surface area contributed by atoms with E-state index in [4.69, 9.17) is 11.6 Å². The summed E-state index contributed by atoms with van der Waals surface area (Å²) in [6.45, 7) is 2.00. The van der Waals surface area contributed by atoms with Gasteiger partial charge in [0.05, 0.1) is 6.20 Å². The number of benzene rings is 2. The quantitative estimate of drug-likeness (QED) is 0.767. The molecule has 1 aromatic heterocycles. The number of nitrogens with zero attached hydrogens (tertiary/aromatic N) is 2. The third kappa shape index (κ3) is 3.20. The summed E-state index contributed by atoms with van der Waals surface area (Å²) in [6, 6.07) is 14.4. The highest BCUT2D eigenvalue weighted by Gasteiger charge is 2.01. The third-order valence-electron chi connectivity index (χ3n) is 3.30. The zero-order valence-corrected chi connectivity index (χ0v) is 12.3. The Balaban J connectivity index is 1.82. The Morgan fingerprint density at radius 1 is 1.00 bits per heavy atom. The number of nitrogens with one attached hydrogen (secondary N) is 1. The molecular formula is C17H14ClN3. The first-order valence-corrected chi connectivity index (χ1v) is 7.00. The van der Waals surface area contributed by atoms with E-state index in [2.05, 4.69) is 45.7 Å². The van der Waals surface area contributed by atoms with Gasteiger partial charge >= 0.3 is 0 Å². The van der Waals surface area contributed by atoms with E-state index < -0.39 is 0 Å². The summed E-state index contributed by atoms with van der Waals surface area (Å²) >= 11 is 6.17. The van der Waals surface area contributed by atoms with Crippen molar-refractivity contribution in [1.29, 1.82) is 0 Å². The Bertz CT molecular complexity index is 759. The maximum Gasteiger partial charge on any atom is 0.105 e. The molecule has 3 nitrogen and oxygen atoms in total. The number of halogens is 1. The first-order chi connectivity index (χ1) is 10.2. The summed E-state index contributed by atoms with van der Waals surface area (Å²) < 4.78 is 0. The van der Waals surface area contributed by atoms with Crippen molar-refractivity contribution < 1.29 is 0 Å². The number of aryl methyl sites for hydroxylation is 1. The van der Waals surface area contributed by atoms with Crippen molar-refractivity contribution in [2.75, 3.05) is 0 Å². The molecule has 0 bridgehead atoms. The normalized spacial score (nSPS) is 11.1. The lowest BCUT2D eigenvalue weighted by molar-refractivity contribution is 0.937. The Kier molecular flexibility index (Phi) is 3.84. The summed E-state index contributed by atoms with van der Waals surface area (Å²) in [5, 5.41) is 11.1. The van der Waals surface area contributed by atoms with Gasteiger partial charge in [-0.25, -0.2) is 0 Å². The average molecular weight is 296 g/mol. The van der Waals surface area contributed by atoms with Gasteiger partial charge in [-0.3, -0.25) is 0 Å². The minimum Gasteiger partial charge on any atom is -0.197 e. The van der Waals surface area contributed by atoms with Crippen LogP contribution in [0.5, 0.6) is 0 Å². The van der Waals surface area contributed by atoms with E-state index >= 15 is 0 Å². The molecule has 2 aromatic carbocycles. The molecule has 4 heteroatoms. The zero-order chi connectivity index (χ0) is 14.7. The Morgan fingerprint density at radius 2 is 1.76 bits per heavy atom. The van der Waals surface area contributed by atoms with Crippen molar-refractivity contribution in [3.63, 3.8) is 0 Å². The second-order valence-electron chi connectivity index (χ2n) is 4.81. The van der Waals surface area contributed by atoms with E-state index in [0.29, 0.717) is 0 Å². The van der Waals surface area contributed by atoms with Gasteiger partial charge in [-0.05, 0) is 41.3 Å². The van der Waals surface area contributed by atoms with Crippen molar-refractivity contribution in [2.45, 2.75) is 6.92 Å². The topological polar surface area (TPSA) is 41.6 Å². The highest BCUT2D eigenvalue weighted by Crippen LogP contribution is 2.25. The van der Waals surface area contributed by atoms with Gasteiger partial charge < -0.3 is 0 Å². The van der Waals surface area contributed by atoms with E-state index in [-0.39, 0.29) is 0 Å². The molecule has 104 valence electrons. The van der Waals surface area contributed by atoms with E-state index in [1.807, 2.05) is 31.2 Å². The fourth-order valence-corrected chi connectivity index (χ4v) is 2.21. The molecule has 1 heterocycles. The molecule has 0 aliphatic heterocycles. The first-order valence-electron chi connectivity index (χ1n) is 6.63. The van der Waals surface area contributed by atoms with Gasteiger partial charge in [0.25, 0.3) is 0 Å². The number of aromatic nitrogens is 3. The predicted octanol–water partition coefficient (Wildman–Crippen LogP) is 4.60. The lowest BCUT2D eigenvalue weighted by Crippen LogP contribution is -1.81. The number of hydrogen-bond acceptors (Lipinski definition) is 2. The fourth-order valence-electron chi connectivity index (χ4n) is 2.03. The summed E-state index contributed by atoms with van der Waals surface area (Å²) in [5.74, 6) is 0. The van der Waals surface area contributed by atoms with Crippen LogP contribution in [0.2, 0.25) is 5.02 Å². The van der Waals surface area contributed by atoms with Crippen LogP contribution in [-0.2, 0) is 0 Å². The molecule has 3 aromatic rings. The lowest BCUT2D eigenvalue weighted by atomic mass is 10.0. The molecule has 0 radical (unpaired) electrons. The number of hydrogen-bond donors (Lipinski definition) is 1. The molecule has 0 fully saturated rings. The van der Waals surface area contributed by atoms with Gasteiger partial charge in [-0.2, -0.15) is 15.4 Å². The fraction of sp³-hybridized carbons (Fsp3) is 0.0588. The highest BCUT2D eigenvalue weighted by atomic mass is 35.5. The minimum absolute atomic E-state index is 0.794. The predicted molar refractivity (Wildman–Crippen MR) is 86.9 cm³/mol. The van der Waals surface area contributed by atoms with Gasteiger partial charge in [0.1, 0.15) is 5.69 Å². The van der Waals surface area contributed by atoms with E-state index in [1.165, 1.54) is 0 Å². The van der Waals surface area contributed by atoms with Crippen LogP contribution in [0.3, 0.4) is 0 Å². The molecule has 0 amide bonds. The molecule has 3 rings (SSSR count). The Morgan fingerprint density at radius 3 is 2.43 bits per heavy atom. The molecule has 0 atom stereocenters. The van der Waals surface area contributed by atoms with E-state index in [0.717, 1.165) is 33.0 Å². The number of aromatic amines is 1. The third-order valence-corrected chi connectivity index (χ3v) is 3.70. The van der Waals surface area contributed by atoms with Crippen LogP contribution in [0.25, 0.3) is 23.3 Å². The van der Waals surface area contributed by atoms with Crippen LogP contribution in [0, 0.1) is 6.92 Å². The van der Waals surface area contributed by atoms with Crippen LogP contribution >= 0.6 is 11.6 Å².